The van der Waals surface area contributed by atoms with Crippen molar-refractivity contribution in [1.29, 1.82) is 0 Å². The van der Waals surface area contributed by atoms with E-state index in [9.17, 15) is 31.1 Å². The number of hydrogen-bond donors (Lipinski definition) is 0. The van der Waals surface area contributed by atoms with Gasteiger partial charge in [-0.25, -0.2) is 0 Å². The van der Waals surface area contributed by atoms with E-state index in [1.165, 1.54) is 31.4 Å². The van der Waals surface area contributed by atoms with E-state index >= 15 is 0 Å². The maximum atomic E-state index is 13.2. The number of halogens is 6. The third-order valence-corrected chi connectivity index (χ3v) is 4.67. The molecule has 153 valence electrons. The van der Waals surface area contributed by atoms with E-state index in [1.807, 2.05) is 0 Å². The van der Waals surface area contributed by atoms with Crippen molar-refractivity contribution in [3.05, 3.63) is 59.2 Å². The van der Waals surface area contributed by atoms with Gasteiger partial charge in [0.15, 0.2) is 5.52 Å². The molecule has 0 saturated carbocycles. The van der Waals surface area contributed by atoms with Crippen LogP contribution in [0.5, 0.6) is 5.75 Å². The molecule has 0 aliphatic carbocycles. The van der Waals surface area contributed by atoms with E-state index in [4.69, 9.17) is 9.47 Å². The quantitative estimate of drug-likeness (QED) is 0.280. The Morgan fingerprint density at radius 3 is 1.86 bits per heavy atom. The molecule has 0 bridgehead atoms. The third-order valence-electron chi connectivity index (χ3n) is 3.57. The molecule has 1 atom stereocenters. The summed E-state index contributed by atoms with van der Waals surface area (Å²) in [6.07, 6.45) is -10.2. The van der Waals surface area contributed by atoms with E-state index in [-0.39, 0.29) is 30.8 Å². The molecule has 0 aliphatic heterocycles. The van der Waals surface area contributed by atoms with Crippen LogP contribution in [0, 0.1) is 0 Å². The van der Waals surface area contributed by atoms with Crippen molar-refractivity contribution in [3.8, 4) is 5.75 Å². The second kappa shape index (κ2) is 10.5. The Morgan fingerprint density at radius 2 is 1.41 bits per heavy atom. The number of carbonyl (C=O) groups is 1. The average molecular weight is 431 g/mol. The van der Waals surface area contributed by atoms with Gasteiger partial charge in [-0.3, -0.25) is 4.79 Å². The molecule has 1 radical (unpaired) electrons. The molecule has 0 saturated heterocycles. The minimum atomic E-state index is -5.09. The summed E-state index contributed by atoms with van der Waals surface area (Å²) in [7, 11) is 0.579. The van der Waals surface area contributed by atoms with Crippen molar-refractivity contribution in [1.82, 2.24) is 0 Å². The van der Waals surface area contributed by atoms with Gasteiger partial charge in [0.25, 0.3) is 0 Å². The molecule has 0 aliphatic rings. The van der Waals surface area contributed by atoms with Crippen LogP contribution in [0.15, 0.2) is 42.5 Å². The van der Waals surface area contributed by atoms with Crippen LogP contribution in [0.25, 0.3) is 0 Å². The van der Waals surface area contributed by atoms with Gasteiger partial charge in [0.1, 0.15) is 12.4 Å². The summed E-state index contributed by atoms with van der Waals surface area (Å²) in [6, 6.07) is 7.37. The van der Waals surface area contributed by atoms with Gasteiger partial charge in [-0.15, -0.1) is 0 Å². The molecule has 2 rings (SSSR count). The predicted octanol–water partition coefficient (Wildman–Crippen LogP) is 4.51. The first-order valence-corrected chi connectivity index (χ1v) is 8.84. The topological polar surface area (TPSA) is 35.5 Å². The summed E-state index contributed by atoms with van der Waals surface area (Å²) in [4.78, 5) is 12.4. The van der Waals surface area contributed by atoms with Gasteiger partial charge in [0.05, 0.1) is 17.7 Å². The first kappa shape index (κ1) is 25.5. The molecular formula is C18H15F6LiO3P. The molecule has 29 heavy (non-hydrogen) atoms. The van der Waals surface area contributed by atoms with Crippen LogP contribution in [0.1, 0.15) is 21.5 Å². The summed E-state index contributed by atoms with van der Waals surface area (Å²) < 4.78 is 89.2. The standard InChI is InChI=1S/C18H15F6O3P.Li/c1-26-9-10-27-11-5-7-12(8-6-11)28-16(25)15-13(17(19,20)21)3-2-4-14(15)18(22,23)24;/h2-8,28H,9-10H2,1H3;. The number of hydrogen-bond acceptors (Lipinski definition) is 3. The van der Waals surface area contributed by atoms with Crippen molar-refractivity contribution in [2.75, 3.05) is 20.3 Å². The summed E-state index contributed by atoms with van der Waals surface area (Å²) in [5.74, 6) is 0.435. The largest absolute Gasteiger partial charge is 0.491 e. The van der Waals surface area contributed by atoms with Gasteiger partial charge in [0.2, 0.25) is 0 Å². The monoisotopic (exact) mass is 431 g/mol. The van der Waals surface area contributed by atoms with Gasteiger partial charge in [-0.05, 0) is 38.2 Å². The van der Waals surface area contributed by atoms with Gasteiger partial charge >= 0.3 is 12.4 Å². The van der Waals surface area contributed by atoms with E-state index in [1.54, 1.807) is 0 Å². The van der Waals surface area contributed by atoms with Crippen molar-refractivity contribution in [2.45, 2.75) is 12.4 Å². The molecule has 1 unspecified atom stereocenters. The molecule has 0 amide bonds. The number of carbonyl (C=O) groups excluding carboxylic acids is 1. The summed E-state index contributed by atoms with van der Waals surface area (Å²) in [6.45, 7) is 0.612. The Bertz CT molecular complexity index is 790. The van der Waals surface area contributed by atoms with Gasteiger partial charge in [0, 0.05) is 31.5 Å². The summed E-state index contributed by atoms with van der Waals surface area (Å²) in [5.41, 5.74) is -5.80. The maximum Gasteiger partial charge on any atom is 0.417 e. The SMILES string of the molecule is COCCOc1ccc(PC(=O)c2c(C(F)(F)F)cccc2C(F)(F)F)cc1.[Li]. The number of benzene rings is 2. The molecule has 11 heteroatoms. The Morgan fingerprint density at radius 1 is 0.897 bits per heavy atom. The number of methoxy groups -OCH3 is 1. The predicted molar refractivity (Wildman–Crippen MR) is 98.3 cm³/mol. The van der Waals surface area contributed by atoms with Crippen LogP contribution in [-0.4, -0.2) is 44.7 Å². The fourth-order valence-electron chi connectivity index (χ4n) is 2.34. The Kier molecular flexibility index (Phi) is 9.23. The van der Waals surface area contributed by atoms with E-state index in [0.29, 0.717) is 30.6 Å². The minimum Gasteiger partial charge on any atom is -0.491 e. The Labute approximate surface area is 176 Å². The maximum absolute atomic E-state index is 13.2. The van der Waals surface area contributed by atoms with Crippen LogP contribution >= 0.6 is 8.58 Å². The zero-order valence-corrected chi connectivity index (χ0v) is 16.4. The molecule has 0 heterocycles. The second-order valence-electron chi connectivity index (χ2n) is 5.54. The van der Waals surface area contributed by atoms with Crippen molar-refractivity contribution >= 4 is 38.3 Å². The minimum absolute atomic E-state index is 0. The van der Waals surface area contributed by atoms with Gasteiger partial charge in [-0.1, -0.05) is 18.2 Å². The Hall–Kier alpha value is -1.52. The molecule has 0 aromatic heterocycles. The molecule has 3 nitrogen and oxygen atoms in total. The zero-order chi connectivity index (χ0) is 20.9. The second-order valence-corrected chi connectivity index (χ2v) is 6.82. The zero-order valence-electron chi connectivity index (χ0n) is 15.4. The number of alkyl halides is 6. The van der Waals surface area contributed by atoms with E-state index in [0.717, 1.165) is 0 Å². The smallest absolute Gasteiger partial charge is 0.417 e. The average Bonchev–Trinajstić information content (AvgIpc) is 2.61. The molecule has 0 spiro atoms. The molecule has 0 fully saturated rings. The molecule has 0 N–H and O–H groups in total. The first-order chi connectivity index (χ1) is 13.0. The third kappa shape index (κ3) is 7.04. The number of ether oxygens (including phenoxy) is 2. The molecule has 2 aromatic rings. The van der Waals surface area contributed by atoms with Gasteiger partial charge < -0.3 is 9.47 Å². The van der Waals surface area contributed by atoms with Gasteiger partial charge in [-0.2, -0.15) is 26.3 Å². The van der Waals surface area contributed by atoms with Crippen LogP contribution in [0.3, 0.4) is 0 Å². The normalized spacial score (nSPS) is 12.1. The van der Waals surface area contributed by atoms with Crippen LogP contribution < -0.4 is 10.0 Å². The Balaban J connectivity index is 0.00000420. The van der Waals surface area contributed by atoms with Crippen molar-refractivity contribution in [3.63, 3.8) is 0 Å². The first-order valence-electron chi connectivity index (χ1n) is 7.84. The van der Waals surface area contributed by atoms with Crippen LogP contribution in [-0.2, 0) is 17.1 Å². The van der Waals surface area contributed by atoms with E-state index in [2.05, 4.69) is 0 Å². The van der Waals surface area contributed by atoms with Crippen LogP contribution in [0.4, 0.5) is 26.3 Å². The van der Waals surface area contributed by atoms with Crippen molar-refractivity contribution < 1.29 is 40.6 Å². The number of rotatable bonds is 7. The summed E-state index contributed by atoms with van der Waals surface area (Å²) in [5, 5.41) is 0.286. The van der Waals surface area contributed by atoms with Crippen LogP contribution in [0.2, 0.25) is 0 Å². The molecular weight excluding hydrogens is 416 g/mol. The van der Waals surface area contributed by atoms with E-state index < -0.39 is 43.1 Å². The summed E-state index contributed by atoms with van der Waals surface area (Å²) >= 11 is 0. The fourth-order valence-corrected chi connectivity index (χ4v) is 3.33. The van der Waals surface area contributed by atoms with Crippen molar-refractivity contribution in [2.24, 2.45) is 0 Å². The molecule has 2 aromatic carbocycles. The fraction of sp³-hybridized carbons (Fsp3) is 0.278.